The fourth-order valence-electron chi connectivity index (χ4n) is 4.04. The van der Waals surface area contributed by atoms with Gasteiger partial charge in [0.1, 0.15) is 12.4 Å². The van der Waals surface area contributed by atoms with Crippen molar-refractivity contribution in [2.24, 2.45) is 0 Å². The zero-order valence-corrected chi connectivity index (χ0v) is 18.4. The number of hydrogen-bond acceptors (Lipinski definition) is 0. The first-order chi connectivity index (χ1) is 12.7. The van der Waals surface area contributed by atoms with Crippen LogP contribution in [0, 0.1) is 0 Å². The minimum absolute atomic E-state index is 0.623. The van der Waals surface area contributed by atoms with Crippen molar-refractivity contribution in [3.8, 4) is 0 Å². The van der Waals surface area contributed by atoms with E-state index in [0.717, 1.165) is 0 Å². The molecule has 1 aromatic rings. The summed E-state index contributed by atoms with van der Waals surface area (Å²) in [5.41, 5.74) is 0. The maximum Gasteiger partial charge on any atom is 0.257 e. The van der Waals surface area contributed by atoms with Gasteiger partial charge in [-0.15, -0.1) is 0 Å². The average molecular weight is 364 g/mol. The van der Waals surface area contributed by atoms with Gasteiger partial charge in [-0.25, -0.2) is 9.55 Å². The highest BCUT2D eigenvalue weighted by atomic mass is 15.1. The summed E-state index contributed by atoms with van der Waals surface area (Å²) in [7, 11) is 0. The average Bonchev–Trinajstić information content (AvgIpc) is 3.13. The third-order valence-corrected chi connectivity index (χ3v) is 5.90. The predicted octanol–water partition coefficient (Wildman–Crippen LogP) is 7.86. The fraction of sp³-hybridized carbons (Fsp3) is 0.875. The van der Waals surface area contributed by atoms with Crippen molar-refractivity contribution in [2.45, 2.75) is 136 Å². The number of hydrogen-bond donors (Lipinski definition) is 1. The van der Waals surface area contributed by atoms with Crippen molar-refractivity contribution in [1.82, 2.24) is 4.98 Å². The van der Waals surface area contributed by atoms with Crippen LogP contribution in [0.2, 0.25) is 0 Å². The molecule has 152 valence electrons. The van der Waals surface area contributed by atoms with Crippen molar-refractivity contribution < 1.29 is 4.57 Å². The highest BCUT2D eigenvalue weighted by Crippen LogP contribution is 2.21. The van der Waals surface area contributed by atoms with E-state index in [9.17, 15) is 0 Å². The Hall–Kier alpha value is -0.790. The Morgan fingerprint density at radius 2 is 1.23 bits per heavy atom. The summed E-state index contributed by atoms with van der Waals surface area (Å²) >= 11 is 0. The molecule has 1 heterocycles. The number of rotatable bonds is 17. The topological polar surface area (TPSA) is 19.7 Å². The Morgan fingerprint density at radius 3 is 1.85 bits per heavy atom. The van der Waals surface area contributed by atoms with E-state index < -0.39 is 0 Å². The standard InChI is InChI=1S/C24H46N2/c1-5-7-9-10-11-12-13-14-15-17-18-22(3)24-25-20-21-26(24)23(4)19-16-8-6-2/h20-23H,5-19H2,1-4H3/p+1. The van der Waals surface area contributed by atoms with E-state index in [4.69, 9.17) is 0 Å². The van der Waals surface area contributed by atoms with Gasteiger partial charge in [0.15, 0.2) is 0 Å². The summed E-state index contributed by atoms with van der Waals surface area (Å²) < 4.78 is 2.50. The van der Waals surface area contributed by atoms with E-state index in [0.29, 0.717) is 12.0 Å². The molecule has 0 saturated carbocycles. The first-order valence-corrected chi connectivity index (χ1v) is 11.8. The number of H-pyrrole nitrogens is 1. The minimum atomic E-state index is 0.623. The fourth-order valence-corrected chi connectivity index (χ4v) is 4.04. The summed E-state index contributed by atoms with van der Waals surface area (Å²) in [5.74, 6) is 2.08. The van der Waals surface area contributed by atoms with Gasteiger partial charge in [0.05, 0.1) is 12.0 Å². The molecule has 0 aliphatic rings. The van der Waals surface area contributed by atoms with Crippen molar-refractivity contribution >= 4 is 0 Å². The van der Waals surface area contributed by atoms with Gasteiger partial charge in [0, 0.05) is 0 Å². The molecular formula is C24H47N2+. The zero-order chi connectivity index (χ0) is 19.0. The molecule has 1 N–H and O–H groups in total. The Bertz CT molecular complexity index is 424. The second-order valence-corrected chi connectivity index (χ2v) is 8.47. The van der Waals surface area contributed by atoms with Crippen LogP contribution in [0.25, 0.3) is 0 Å². The molecule has 0 aliphatic heterocycles. The lowest BCUT2D eigenvalue weighted by Gasteiger charge is -2.13. The number of unbranched alkanes of at least 4 members (excludes halogenated alkanes) is 11. The third-order valence-electron chi connectivity index (χ3n) is 5.90. The Balaban J connectivity index is 2.16. The first-order valence-electron chi connectivity index (χ1n) is 11.8. The van der Waals surface area contributed by atoms with Crippen LogP contribution < -0.4 is 4.57 Å². The SMILES string of the molecule is CCCCCCCCCCCCC(C)c1[nH]cc[n+]1C(C)CCCCC. The summed E-state index contributed by atoms with van der Waals surface area (Å²) in [5, 5.41) is 0. The van der Waals surface area contributed by atoms with Crippen molar-refractivity contribution in [2.75, 3.05) is 0 Å². The zero-order valence-electron chi connectivity index (χ0n) is 18.4. The van der Waals surface area contributed by atoms with Crippen LogP contribution in [0.15, 0.2) is 12.4 Å². The molecule has 2 unspecified atom stereocenters. The Morgan fingerprint density at radius 1 is 0.731 bits per heavy atom. The van der Waals surface area contributed by atoms with Crippen LogP contribution in [-0.4, -0.2) is 4.98 Å². The lowest BCUT2D eigenvalue weighted by Crippen LogP contribution is -2.40. The minimum Gasteiger partial charge on any atom is -0.247 e. The van der Waals surface area contributed by atoms with Gasteiger partial charge in [-0.1, -0.05) is 97.8 Å². The lowest BCUT2D eigenvalue weighted by molar-refractivity contribution is -0.727. The van der Waals surface area contributed by atoms with Crippen LogP contribution >= 0.6 is 0 Å². The number of aromatic nitrogens is 2. The quantitative estimate of drug-likeness (QED) is 0.215. The van der Waals surface area contributed by atoms with Crippen LogP contribution in [0.1, 0.15) is 142 Å². The van der Waals surface area contributed by atoms with Gasteiger partial charge >= 0.3 is 0 Å². The predicted molar refractivity (Wildman–Crippen MR) is 115 cm³/mol. The molecule has 0 aromatic carbocycles. The van der Waals surface area contributed by atoms with Gasteiger partial charge in [0.2, 0.25) is 0 Å². The smallest absolute Gasteiger partial charge is 0.247 e. The van der Waals surface area contributed by atoms with E-state index in [1.165, 1.54) is 102 Å². The molecule has 2 heteroatoms. The molecule has 0 amide bonds. The normalized spacial score (nSPS) is 13.8. The highest BCUT2D eigenvalue weighted by molar-refractivity contribution is 4.87. The third kappa shape index (κ3) is 9.78. The second kappa shape index (κ2) is 15.3. The maximum absolute atomic E-state index is 3.53. The molecule has 0 saturated heterocycles. The van der Waals surface area contributed by atoms with Crippen molar-refractivity contribution in [3.05, 3.63) is 18.2 Å². The van der Waals surface area contributed by atoms with E-state index in [-0.39, 0.29) is 0 Å². The Kier molecular flexibility index (Phi) is 13.7. The summed E-state index contributed by atoms with van der Waals surface area (Å²) in [6.45, 7) is 9.35. The maximum atomic E-state index is 3.53. The molecule has 2 atom stereocenters. The monoisotopic (exact) mass is 363 g/mol. The summed E-state index contributed by atoms with van der Waals surface area (Å²) in [6, 6.07) is 0.623. The Labute approximate surface area is 164 Å². The second-order valence-electron chi connectivity index (χ2n) is 8.47. The van der Waals surface area contributed by atoms with Crippen molar-refractivity contribution in [1.29, 1.82) is 0 Å². The van der Waals surface area contributed by atoms with Gasteiger partial charge in [-0.05, 0) is 26.2 Å². The lowest BCUT2D eigenvalue weighted by atomic mass is 10.00. The highest BCUT2D eigenvalue weighted by Gasteiger charge is 2.21. The van der Waals surface area contributed by atoms with Gasteiger partial charge in [-0.2, -0.15) is 0 Å². The largest absolute Gasteiger partial charge is 0.257 e. The van der Waals surface area contributed by atoms with Gasteiger partial charge in [0.25, 0.3) is 5.82 Å². The van der Waals surface area contributed by atoms with Crippen LogP contribution in [0.3, 0.4) is 0 Å². The summed E-state index contributed by atoms with van der Waals surface area (Å²) in [6.07, 6.45) is 25.3. The van der Waals surface area contributed by atoms with E-state index in [1.807, 2.05) is 0 Å². The number of nitrogens with zero attached hydrogens (tertiary/aromatic N) is 1. The molecule has 1 rings (SSSR count). The van der Waals surface area contributed by atoms with Crippen molar-refractivity contribution in [3.63, 3.8) is 0 Å². The van der Waals surface area contributed by atoms with Gasteiger partial charge in [-0.3, -0.25) is 0 Å². The van der Waals surface area contributed by atoms with Crippen LogP contribution in [0.5, 0.6) is 0 Å². The molecule has 1 aromatic heterocycles. The number of aromatic amines is 1. The first kappa shape index (κ1) is 23.2. The molecule has 0 fully saturated rings. The molecular weight excluding hydrogens is 316 g/mol. The molecule has 26 heavy (non-hydrogen) atoms. The van der Waals surface area contributed by atoms with E-state index in [2.05, 4.69) is 49.6 Å². The molecule has 0 bridgehead atoms. The van der Waals surface area contributed by atoms with Crippen LogP contribution in [0.4, 0.5) is 0 Å². The number of imidazole rings is 1. The number of nitrogens with one attached hydrogen (secondary N) is 1. The molecule has 0 radical (unpaired) electrons. The molecule has 2 nitrogen and oxygen atoms in total. The summed E-state index contributed by atoms with van der Waals surface area (Å²) in [4.78, 5) is 3.53. The van der Waals surface area contributed by atoms with E-state index >= 15 is 0 Å². The van der Waals surface area contributed by atoms with Gasteiger partial charge < -0.3 is 0 Å². The molecule has 0 aliphatic carbocycles. The van der Waals surface area contributed by atoms with Crippen LogP contribution in [-0.2, 0) is 0 Å². The molecule has 0 spiro atoms. The van der Waals surface area contributed by atoms with E-state index in [1.54, 1.807) is 0 Å².